The first-order chi connectivity index (χ1) is 19.1. The molecule has 1 amide bonds. The van der Waals surface area contributed by atoms with Crippen LogP contribution in [-0.2, 0) is 28.3 Å². The zero-order chi connectivity index (χ0) is 28.3. The molecule has 2 N–H and O–H groups in total. The summed E-state index contributed by atoms with van der Waals surface area (Å²) in [7, 11) is -0.186. The number of nitrogens with zero attached hydrogens (tertiary/aromatic N) is 4. The van der Waals surface area contributed by atoms with E-state index >= 15 is 0 Å². The standard InChI is InChI=1S/C29H37N5O5S/c1-32-19-25(35)17-31-40(37,38)27-9-8-23(24-16-30-33(2)18-24)15-26(27)39-21-29(20-32)10-12-34(13-11-29)28(36)14-22-6-4-3-5-7-22/h3-9,15-16,18,25,31,35H,10-14,17,19-21H2,1-2H3. The van der Waals surface area contributed by atoms with Crippen molar-refractivity contribution in [2.75, 3.05) is 46.4 Å². The Morgan fingerprint density at radius 2 is 1.88 bits per heavy atom. The van der Waals surface area contributed by atoms with Crippen molar-refractivity contribution in [3.05, 3.63) is 66.5 Å². The average molecular weight is 568 g/mol. The number of likely N-dealkylation sites (tertiary alicyclic amines) is 1. The number of aryl methyl sites for hydroxylation is 1. The number of ether oxygens (including phenoxy) is 1. The van der Waals surface area contributed by atoms with Gasteiger partial charge < -0.3 is 19.6 Å². The number of fused-ring (bicyclic) bond motifs is 1. The van der Waals surface area contributed by atoms with Gasteiger partial charge in [0.05, 0.1) is 25.3 Å². The molecule has 1 atom stereocenters. The molecule has 3 heterocycles. The van der Waals surface area contributed by atoms with E-state index in [1.165, 1.54) is 0 Å². The van der Waals surface area contributed by atoms with E-state index in [9.17, 15) is 18.3 Å². The van der Waals surface area contributed by atoms with Crippen LogP contribution in [0, 0.1) is 5.41 Å². The van der Waals surface area contributed by atoms with Gasteiger partial charge in [-0.05, 0) is 43.1 Å². The molecular formula is C29H37N5O5S. The summed E-state index contributed by atoms with van der Waals surface area (Å²) in [5.41, 5.74) is 2.31. The number of benzene rings is 2. The topological polar surface area (TPSA) is 117 Å². The Balaban J connectivity index is 1.40. The molecule has 214 valence electrons. The molecule has 40 heavy (non-hydrogen) atoms. The van der Waals surface area contributed by atoms with E-state index in [4.69, 9.17) is 4.74 Å². The van der Waals surface area contributed by atoms with Crippen molar-refractivity contribution in [1.29, 1.82) is 0 Å². The quantitative estimate of drug-likeness (QED) is 0.497. The molecule has 10 nitrogen and oxygen atoms in total. The van der Waals surface area contributed by atoms with Gasteiger partial charge >= 0.3 is 0 Å². The minimum atomic E-state index is -3.93. The molecule has 0 aliphatic carbocycles. The normalized spacial score (nSPS) is 21.6. The minimum absolute atomic E-state index is 0.0342. The Labute approximate surface area is 235 Å². The Bertz CT molecular complexity index is 1430. The zero-order valence-electron chi connectivity index (χ0n) is 23.0. The van der Waals surface area contributed by atoms with E-state index in [-0.39, 0.29) is 35.1 Å². The van der Waals surface area contributed by atoms with Gasteiger partial charge in [-0.3, -0.25) is 9.48 Å². The fourth-order valence-electron chi connectivity index (χ4n) is 5.63. The third-order valence-corrected chi connectivity index (χ3v) is 9.28. The summed E-state index contributed by atoms with van der Waals surface area (Å²) in [5, 5.41) is 14.8. The van der Waals surface area contributed by atoms with Gasteiger partial charge in [0.2, 0.25) is 15.9 Å². The molecule has 11 heteroatoms. The second-order valence-corrected chi connectivity index (χ2v) is 12.8. The van der Waals surface area contributed by atoms with Crippen LogP contribution in [0.15, 0.2) is 65.8 Å². The van der Waals surface area contributed by atoms with Gasteiger partial charge in [0.1, 0.15) is 10.6 Å². The summed E-state index contributed by atoms with van der Waals surface area (Å²) in [6.45, 7) is 2.32. The van der Waals surface area contributed by atoms with Gasteiger partial charge in [0.15, 0.2) is 0 Å². The molecule has 2 aliphatic heterocycles. The number of carbonyl (C=O) groups is 1. The fourth-order valence-corrected chi connectivity index (χ4v) is 6.83. The summed E-state index contributed by atoms with van der Waals surface area (Å²) in [6.07, 6.45) is 4.49. The molecule has 1 spiro atoms. The van der Waals surface area contributed by atoms with Crippen LogP contribution < -0.4 is 9.46 Å². The maximum Gasteiger partial charge on any atom is 0.244 e. The first-order valence-electron chi connectivity index (χ1n) is 13.6. The summed E-state index contributed by atoms with van der Waals surface area (Å²) < 4.78 is 37.1. The van der Waals surface area contributed by atoms with E-state index < -0.39 is 16.1 Å². The highest BCUT2D eigenvalue weighted by molar-refractivity contribution is 7.89. The smallest absolute Gasteiger partial charge is 0.244 e. The van der Waals surface area contributed by atoms with Crippen LogP contribution in [0.3, 0.4) is 0 Å². The lowest BCUT2D eigenvalue weighted by Gasteiger charge is -2.44. The number of hydrogen-bond donors (Lipinski definition) is 2. The third-order valence-electron chi connectivity index (χ3n) is 7.82. The number of rotatable bonds is 3. The number of nitrogens with one attached hydrogen (secondary N) is 1. The van der Waals surface area contributed by atoms with Gasteiger partial charge in [-0.2, -0.15) is 5.10 Å². The number of amides is 1. The summed E-state index contributed by atoms with van der Waals surface area (Å²) in [6, 6.07) is 14.8. The Morgan fingerprint density at radius 3 is 2.58 bits per heavy atom. The van der Waals surface area contributed by atoms with Gasteiger partial charge in [0, 0.05) is 56.9 Å². The van der Waals surface area contributed by atoms with Crippen LogP contribution in [0.5, 0.6) is 5.75 Å². The fraction of sp³-hybridized carbons (Fsp3) is 0.448. The zero-order valence-corrected chi connectivity index (χ0v) is 23.8. The van der Waals surface area contributed by atoms with Crippen molar-refractivity contribution in [2.45, 2.75) is 30.3 Å². The molecule has 3 aromatic rings. The number of aliphatic hydroxyl groups is 1. The third kappa shape index (κ3) is 6.55. The molecule has 0 bridgehead atoms. The number of aromatic nitrogens is 2. The monoisotopic (exact) mass is 567 g/mol. The number of carbonyl (C=O) groups excluding carboxylic acids is 1. The number of β-amino-alcohol motifs (C(OH)–C–C–N with tert-alkyl or cyclic N) is 1. The maximum absolute atomic E-state index is 13.2. The van der Waals surface area contributed by atoms with Crippen LogP contribution >= 0.6 is 0 Å². The molecule has 0 radical (unpaired) electrons. The highest BCUT2D eigenvalue weighted by Crippen LogP contribution is 2.36. The minimum Gasteiger partial charge on any atom is -0.492 e. The van der Waals surface area contributed by atoms with Crippen molar-refractivity contribution in [2.24, 2.45) is 12.5 Å². The first kappa shape index (κ1) is 28.3. The number of aliphatic hydroxyl groups excluding tert-OH is 1. The van der Waals surface area contributed by atoms with E-state index in [0.29, 0.717) is 45.4 Å². The molecule has 0 saturated carbocycles. The Hall–Kier alpha value is -3.25. The van der Waals surface area contributed by atoms with Gasteiger partial charge in [-0.1, -0.05) is 36.4 Å². The highest BCUT2D eigenvalue weighted by atomic mass is 32.2. The molecule has 5 rings (SSSR count). The predicted octanol–water partition coefficient (Wildman–Crippen LogP) is 1.90. The molecule has 1 unspecified atom stereocenters. The molecule has 2 aliphatic rings. The lowest BCUT2D eigenvalue weighted by Crippen LogP contribution is -2.51. The molecule has 1 fully saturated rings. The summed E-state index contributed by atoms with van der Waals surface area (Å²) in [5.74, 6) is 0.357. The number of piperidine rings is 1. The van der Waals surface area contributed by atoms with Crippen LogP contribution in [0.2, 0.25) is 0 Å². The second kappa shape index (κ2) is 11.7. The summed E-state index contributed by atoms with van der Waals surface area (Å²) in [4.78, 5) is 17.0. The predicted molar refractivity (Wildman–Crippen MR) is 151 cm³/mol. The van der Waals surface area contributed by atoms with Gasteiger partial charge in [0.25, 0.3) is 0 Å². The molecule has 1 saturated heterocycles. The van der Waals surface area contributed by atoms with E-state index in [1.807, 2.05) is 60.4 Å². The first-order valence-corrected chi connectivity index (χ1v) is 15.0. The van der Waals surface area contributed by atoms with Crippen molar-refractivity contribution < 1.29 is 23.1 Å². The van der Waals surface area contributed by atoms with Crippen molar-refractivity contribution in [3.63, 3.8) is 0 Å². The highest BCUT2D eigenvalue weighted by Gasteiger charge is 2.39. The lowest BCUT2D eigenvalue weighted by molar-refractivity contribution is -0.133. The lowest BCUT2D eigenvalue weighted by atomic mass is 9.78. The van der Waals surface area contributed by atoms with Crippen LogP contribution in [-0.4, -0.2) is 91.5 Å². The Morgan fingerprint density at radius 1 is 1.12 bits per heavy atom. The number of likely N-dealkylation sites (N-methyl/N-ethyl adjacent to an activating group) is 1. The van der Waals surface area contributed by atoms with Crippen LogP contribution in [0.25, 0.3) is 11.1 Å². The number of hydrogen-bond acceptors (Lipinski definition) is 7. The van der Waals surface area contributed by atoms with E-state index in [1.54, 1.807) is 29.1 Å². The van der Waals surface area contributed by atoms with Crippen molar-refractivity contribution >= 4 is 15.9 Å². The van der Waals surface area contributed by atoms with E-state index in [0.717, 1.165) is 16.7 Å². The van der Waals surface area contributed by atoms with Crippen LogP contribution in [0.1, 0.15) is 18.4 Å². The van der Waals surface area contributed by atoms with E-state index in [2.05, 4.69) is 9.82 Å². The van der Waals surface area contributed by atoms with Gasteiger partial charge in [-0.15, -0.1) is 0 Å². The summed E-state index contributed by atoms with van der Waals surface area (Å²) >= 11 is 0. The maximum atomic E-state index is 13.2. The van der Waals surface area contributed by atoms with Gasteiger partial charge in [-0.25, -0.2) is 13.1 Å². The largest absolute Gasteiger partial charge is 0.492 e. The number of sulfonamides is 1. The molecule has 2 aromatic carbocycles. The van der Waals surface area contributed by atoms with Crippen molar-refractivity contribution in [3.8, 4) is 16.9 Å². The molecule has 1 aromatic heterocycles. The Kier molecular flexibility index (Phi) is 8.27. The van der Waals surface area contributed by atoms with Crippen molar-refractivity contribution in [1.82, 2.24) is 24.3 Å². The molecular weight excluding hydrogens is 530 g/mol. The average Bonchev–Trinajstić information content (AvgIpc) is 3.37. The van der Waals surface area contributed by atoms with Crippen LogP contribution in [0.4, 0.5) is 0 Å². The second-order valence-electron chi connectivity index (χ2n) is 11.1. The SMILES string of the molecule is CN1CC(O)CNS(=O)(=O)c2ccc(-c3cnn(C)c3)cc2OCC2(CCN(C(=O)Cc3ccccc3)CC2)C1.